The van der Waals surface area contributed by atoms with Crippen molar-refractivity contribution < 1.29 is 19.1 Å². The molecule has 2 rings (SSSR count). The molecule has 0 saturated heterocycles. The summed E-state index contributed by atoms with van der Waals surface area (Å²) in [6, 6.07) is 6.07. The standard InChI is InChI=1S/C14H14ClN5O4/c1-8-12(13(22)24-7-11(21)17-14(23)16-2)19-20(18-8)10-5-3-4-9(15)6-10/h3-6H,7H2,1-2H3,(H2,16,17,21,23). The first kappa shape index (κ1) is 17.4. The second-order valence-electron chi connectivity index (χ2n) is 4.61. The number of nitrogens with one attached hydrogen (secondary N) is 2. The van der Waals surface area contributed by atoms with Crippen molar-refractivity contribution in [1.82, 2.24) is 25.6 Å². The Balaban J connectivity index is 2.05. The van der Waals surface area contributed by atoms with E-state index in [0.29, 0.717) is 16.4 Å². The van der Waals surface area contributed by atoms with Crippen LogP contribution in [-0.4, -0.2) is 46.6 Å². The third-order valence-corrected chi connectivity index (χ3v) is 3.06. The van der Waals surface area contributed by atoms with Gasteiger partial charge in [-0.3, -0.25) is 10.1 Å². The zero-order valence-corrected chi connectivity index (χ0v) is 13.6. The Bertz CT molecular complexity index is 789. The van der Waals surface area contributed by atoms with Crippen molar-refractivity contribution in [3.8, 4) is 5.69 Å². The molecule has 10 heteroatoms. The molecule has 0 unspecified atom stereocenters. The molecule has 2 N–H and O–H groups in total. The van der Waals surface area contributed by atoms with Crippen LogP contribution in [0.2, 0.25) is 5.02 Å². The minimum Gasteiger partial charge on any atom is -0.451 e. The van der Waals surface area contributed by atoms with Gasteiger partial charge in [-0.15, -0.1) is 5.10 Å². The minimum absolute atomic E-state index is 0.0391. The highest BCUT2D eigenvalue weighted by Crippen LogP contribution is 2.14. The molecule has 0 aliphatic rings. The van der Waals surface area contributed by atoms with Gasteiger partial charge in [-0.2, -0.15) is 9.90 Å². The lowest BCUT2D eigenvalue weighted by molar-refractivity contribution is -0.123. The normalized spacial score (nSPS) is 10.1. The van der Waals surface area contributed by atoms with E-state index in [0.717, 1.165) is 0 Å². The number of esters is 1. The smallest absolute Gasteiger partial charge is 0.361 e. The number of ether oxygens (including phenoxy) is 1. The van der Waals surface area contributed by atoms with Crippen LogP contribution in [0.3, 0.4) is 0 Å². The molecule has 0 bridgehead atoms. The Morgan fingerprint density at radius 1 is 1.29 bits per heavy atom. The van der Waals surface area contributed by atoms with Gasteiger partial charge >= 0.3 is 12.0 Å². The Morgan fingerprint density at radius 2 is 2.04 bits per heavy atom. The average Bonchev–Trinajstić information content (AvgIpc) is 2.94. The summed E-state index contributed by atoms with van der Waals surface area (Å²) in [4.78, 5) is 35.6. The first-order valence-corrected chi connectivity index (χ1v) is 7.17. The lowest BCUT2D eigenvalue weighted by atomic mass is 10.3. The van der Waals surface area contributed by atoms with E-state index in [2.05, 4.69) is 15.5 Å². The van der Waals surface area contributed by atoms with Crippen LogP contribution in [-0.2, 0) is 9.53 Å². The molecule has 9 nitrogen and oxygen atoms in total. The summed E-state index contributed by atoms with van der Waals surface area (Å²) in [6.45, 7) is 0.963. The van der Waals surface area contributed by atoms with Gasteiger partial charge < -0.3 is 10.1 Å². The van der Waals surface area contributed by atoms with Gasteiger partial charge in [0.05, 0.1) is 11.4 Å². The molecule has 0 radical (unpaired) electrons. The molecule has 1 aromatic heterocycles. The van der Waals surface area contributed by atoms with E-state index < -0.39 is 24.5 Å². The third kappa shape index (κ3) is 4.29. The topological polar surface area (TPSA) is 115 Å². The summed E-state index contributed by atoms with van der Waals surface area (Å²) in [5.41, 5.74) is 0.858. The van der Waals surface area contributed by atoms with Gasteiger partial charge in [-0.1, -0.05) is 17.7 Å². The van der Waals surface area contributed by atoms with Crippen molar-refractivity contribution in [2.24, 2.45) is 0 Å². The average molecular weight is 352 g/mol. The minimum atomic E-state index is -0.826. The molecule has 1 heterocycles. The van der Waals surface area contributed by atoms with Crippen LogP contribution in [0, 0.1) is 6.92 Å². The number of aryl methyl sites for hydroxylation is 1. The maximum atomic E-state index is 12.0. The van der Waals surface area contributed by atoms with Gasteiger partial charge in [-0.05, 0) is 25.1 Å². The number of amides is 3. The van der Waals surface area contributed by atoms with E-state index in [4.69, 9.17) is 16.3 Å². The van der Waals surface area contributed by atoms with E-state index >= 15 is 0 Å². The van der Waals surface area contributed by atoms with Crippen LogP contribution in [0.1, 0.15) is 16.2 Å². The van der Waals surface area contributed by atoms with Crippen molar-refractivity contribution in [2.45, 2.75) is 6.92 Å². The van der Waals surface area contributed by atoms with Crippen molar-refractivity contribution in [3.05, 3.63) is 40.7 Å². The lowest BCUT2D eigenvalue weighted by Gasteiger charge is -2.04. The van der Waals surface area contributed by atoms with E-state index in [9.17, 15) is 14.4 Å². The zero-order chi connectivity index (χ0) is 17.7. The first-order chi connectivity index (χ1) is 11.4. The van der Waals surface area contributed by atoms with Crippen molar-refractivity contribution >= 4 is 29.5 Å². The number of carbonyl (C=O) groups excluding carboxylic acids is 3. The van der Waals surface area contributed by atoms with Gasteiger partial charge in [0.1, 0.15) is 0 Å². The van der Waals surface area contributed by atoms with E-state index in [-0.39, 0.29) is 5.69 Å². The molecule has 2 aromatic rings. The molecular weight excluding hydrogens is 338 g/mol. The number of nitrogens with zero attached hydrogens (tertiary/aromatic N) is 3. The molecule has 0 aliphatic carbocycles. The fourth-order valence-electron chi connectivity index (χ4n) is 1.71. The number of carbonyl (C=O) groups is 3. The number of imide groups is 1. The van der Waals surface area contributed by atoms with E-state index in [1.807, 2.05) is 5.32 Å². The fraction of sp³-hybridized carbons (Fsp3) is 0.214. The van der Waals surface area contributed by atoms with Crippen LogP contribution >= 0.6 is 11.6 Å². The number of halogens is 1. The largest absolute Gasteiger partial charge is 0.451 e. The van der Waals surface area contributed by atoms with E-state index in [1.165, 1.54) is 11.8 Å². The molecule has 0 aliphatic heterocycles. The molecule has 1 aromatic carbocycles. The predicted octanol–water partition coefficient (Wildman–Crippen LogP) is 0.842. The second-order valence-corrected chi connectivity index (χ2v) is 5.04. The quantitative estimate of drug-likeness (QED) is 0.789. The van der Waals surface area contributed by atoms with Crippen LogP contribution < -0.4 is 10.6 Å². The van der Waals surface area contributed by atoms with Gasteiger partial charge in [0.2, 0.25) is 0 Å². The summed E-state index contributed by atoms with van der Waals surface area (Å²) in [6.07, 6.45) is 0. The van der Waals surface area contributed by atoms with Crippen molar-refractivity contribution in [3.63, 3.8) is 0 Å². The van der Waals surface area contributed by atoms with Gasteiger partial charge in [-0.25, -0.2) is 9.59 Å². The maximum Gasteiger partial charge on any atom is 0.361 e. The molecule has 0 fully saturated rings. The second kappa shape index (κ2) is 7.55. The number of rotatable bonds is 4. The number of urea groups is 1. The monoisotopic (exact) mass is 351 g/mol. The SMILES string of the molecule is CNC(=O)NC(=O)COC(=O)c1nn(-c2cccc(Cl)c2)nc1C. The molecule has 0 saturated carbocycles. The number of aromatic nitrogens is 3. The zero-order valence-electron chi connectivity index (χ0n) is 12.9. The summed E-state index contributed by atoms with van der Waals surface area (Å²) in [5, 5.41) is 12.8. The molecule has 126 valence electrons. The number of hydrogen-bond acceptors (Lipinski definition) is 6. The third-order valence-electron chi connectivity index (χ3n) is 2.83. The van der Waals surface area contributed by atoms with Crippen LogP contribution in [0.25, 0.3) is 5.69 Å². The fourth-order valence-corrected chi connectivity index (χ4v) is 1.89. The van der Waals surface area contributed by atoms with Gasteiger partial charge in [0.15, 0.2) is 12.3 Å². The van der Waals surface area contributed by atoms with E-state index in [1.54, 1.807) is 31.2 Å². The van der Waals surface area contributed by atoms with Crippen LogP contribution in [0.15, 0.2) is 24.3 Å². The molecule has 0 spiro atoms. The summed E-state index contributed by atoms with van der Waals surface area (Å²) in [7, 11) is 1.35. The molecule has 0 atom stereocenters. The molecule has 3 amide bonds. The predicted molar refractivity (Wildman–Crippen MR) is 84.0 cm³/mol. The van der Waals surface area contributed by atoms with Crippen molar-refractivity contribution in [2.75, 3.05) is 13.7 Å². The highest BCUT2D eigenvalue weighted by Gasteiger charge is 2.19. The molecular formula is C14H14ClN5O4. The van der Waals surface area contributed by atoms with Crippen molar-refractivity contribution in [1.29, 1.82) is 0 Å². The van der Waals surface area contributed by atoms with Gasteiger partial charge in [0.25, 0.3) is 5.91 Å². The summed E-state index contributed by atoms with van der Waals surface area (Å²) >= 11 is 5.90. The number of benzene rings is 1. The highest BCUT2D eigenvalue weighted by molar-refractivity contribution is 6.30. The first-order valence-electron chi connectivity index (χ1n) is 6.79. The summed E-state index contributed by atoms with van der Waals surface area (Å²) in [5.74, 6) is -1.59. The summed E-state index contributed by atoms with van der Waals surface area (Å²) < 4.78 is 4.82. The Kier molecular flexibility index (Phi) is 5.48. The number of hydrogen-bond donors (Lipinski definition) is 2. The molecule has 24 heavy (non-hydrogen) atoms. The lowest BCUT2D eigenvalue weighted by Crippen LogP contribution is -2.39. The van der Waals surface area contributed by atoms with Crippen LogP contribution in [0.5, 0.6) is 0 Å². The maximum absolute atomic E-state index is 12.0. The van der Waals surface area contributed by atoms with Crippen LogP contribution in [0.4, 0.5) is 4.79 Å². The highest BCUT2D eigenvalue weighted by atomic mass is 35.5. The Hall–Kier alpha value is -2.94. The Labute approximate surface area is 141 Å². The Morgan fingerprint density at radius 3 is 2.71 bits per heavy atom. The van der Waals surface area contributed by atoms with Gasteiger partial charge in [0, 0.05) is 12.1 Å².